The van der Waals surface area contributed by atoms with Crippen molar-refractivity contribution in [1.29, 1.82) is 0 Å². The van der Waals surface area contributed by atoms with Gasteiger partial charge >= 0.3 is 0 Å². The molecule has 0 aromatic carbocycles. The van der Waals surface area contributed by atoms with E-state index in [0.717, 1.165) is 25.7 Å². The first-order valence-corrected chi connectivity index (χ1v) is 5.47. The molecule has 2 N–H and O–H groups in total. The molecule has 0 radical (unpaired) electrons. The van der Waals surface area contributed by atoms with Crippen molar-refractivity contribution in [3.8, 4) is 0 Å². The van der Waals surface area contributed by atoms with Crippen LogP contribution in [-0.2, 0) is 0 Å². The average molecular weight is 190 g/mol. The summed E-state index contributed by atoms with van der Waals surface area (Å²) in [6.45, 7) is 6.43. The molecule has 0 aliphatic heterocycles. The van der Waals surface area contributed by atoms with Crippen molar-refractivity contribution in [3.05, 3.63) is 0 Å². The molecule has 0 aliphatic rings. The molecule has 0 saturated carbocycles. The van der Waals surface area contributed by atoms with Crippen LogP contribution in [0.5, 0.6) is 0 Å². The van der Waals surface area contributed by atoms with Gasteiger partial charge < -0.3 is 10.2 Å². The summed E-state index contributed by atoms with van der Waals surface area (Å²) >= 11 is 0. The first kappa shape index (κ1) is 15.4. The van der Waals surface area contributed by atoms with E-state index >= 15 is 0 Å². The summed E-state index contributed by atoms with van der Waals surface area (Å²) in [5.41, 5.74) is 0. The first-order chi connectivity index (χ1) is 6.18. The fourth-order valence-corrected chi connectivity index (χ4v) is 0.861. The Balaban J connectivity index is 0. The molecule has 0 heterocycles. The van der Waals surface area contributed by atoms with Gasteiger partial charge in [0.2, 0.25) is 0 Å². The minimum atomic E-state index is -0.0973. The number of rotatable bonds is 6. The maximum Gasteiger partial charge on any atom is 0.0512 e. The second-order valence-electron chi connectivity index (χ2n) is 3.42. The first-order valence-electron chi connectivity index (χ1n) is 5.47. The van der Waals surface area contributed by atoms with Gasteiger partial charge in [-0.2, -0.15) is 0 Å². The van der Waals surface area contributed by atoms with Crippen LogP contribution < -0.4 is 0 Å². The molecule has 1 unspecified atom stereocenters. The Morgan fingerprint density at radius 2 is 1.54 bits per heavy atom. The molecule has 0 aromatic rings. The lowest BCUT2D eigenvalue weighted by Crippen LogP contribution is -1.97. The molecule has 0 aromatic heterocycles. The lowest BCUT2D eigenvalue weighted by Gasteiger charge is -1.98. The molecule has 2 nitrogen and oxygen atoms in total. The summed E-state index contributed by atoms with van der Waals surface area (Å²) in [5.74, 6) is 0. The van der Waals surface area contributed by atoms with E-state index in [1.165, 1.54) is 12.8 Å². The topological polar surface area (TPSA) is 40.5 Å². The van der Waals surface area contributed by atoms with E-state index in [9.17, 15) is 0 Å². The van der Waals surface area contributed by atoms with E-state index in [0.29, 0.717) is 6.61 Å². The van der Waals surface area contributed by atoms with Crippen LogP contribution in [0.4, 0.5) is 0 Å². The Labute approximate surface area is 83.0 Å². The molecule has 0 saturated heterocycles. The molecule has 1 atom stereocenters. The maximum atomic E-state index is 8.68. The lowest BCUT2D eigenvalue weighted by molar-refractivity contribution is 0.181. The van der Waals surface area contributed by atoms with Gasteiger partial charge in [-0.1, -0.05) is 39.5 Å². The Morgan fingerprint density at radius 1 is 1.00 bits per heavy atom. The van der Waals surface area contributed by atoms with E-state index < -0.39 is 0 Å². The smallest absolute Gasteiger partial charge is 0.0512 e. The monoisotopic (exact) mass is 190 g/mol. The highest BCUT2D eigenvalue weighted by Gasteiger charge is 1.90. The molecular weight excluding hydrogens is 164 g/mol. The van der Waals surface area contributed by atoms with Crippen LogP contribution in [0.2, 0.25) is 0 Å². The predicted octanol–water partition coefficient (Wildman–Crippen LogP) is 2.73. The summed E-state index contributed by atoms with van der Waals surface area (Å²) in [5, 5.41) is 16.9. The summed E-state index contributed by atoms with van der Waals surface area (Å²) in [6, 6.07) is 0. The van der Waals surface area contributed by atoms with Crippen molar-refractivity contribution >= 4 is 0 Å². The summed E-state index contributed by atoms with van der Waals surface area (Å²) < 4.78 is 0. The Hall–Kier alpha value is -0.0800. The van der Waals surface area contributed by atoms with Crippen LogP contribution in [0.3, 0.4) is 0 Å². The minimum Gasteiger partial charge on any atom is -0.396 e. The van der Waals surface area contributed by atoms with E-state index in [2.05, 4.69) is 13.8 Å². The Bertz CT molecular complexity index is 68.5. The quantitative estimate of drug-likeness (QED) is 0.632. The third-order valence-electron chi connectivity index (χ3n) is 1.74. The lowest BCUT2D eigenvalue weighted by atomic mass is 10.2. The SMILES string of the molecule is CCCCC(C)O.CCCCCO. The highest BCUT2D eigenvalue weighted by atomic mass is 16.3. The number of unbranched alkanes of at least 4 members (excludes halogenated alkanes) is 3. The molecule has 2 heteroatoms. The van der Waals surface area contributed by atoms with Crippen LogP contribution in [0.25, 0.3) is 0 Å². The highest BCUT2D eigenvalue weighted by Crippen LogP contribution is 1.97. The zero-order valence-electron chi connectivity index (χ0n) is 9.42. The maximum absolute atomic E-state index is 8.68. The van der Waals surface area contributed by atoms with Gasteiger partial charge in [0.05, 0.1) is 6.10 Å². The van der Waals surface area contributed by atoms with E-state index in [-0.39, 0.29) is 6.10 Å². The van der Waals surface area contributed by atoms with Crippen molar-refractivity contribution in [2.75, 3.05) is 6.61 Å². The Kier molecular flexibility index (Phi) is 17.1. The second-order valence-corrected chi connectivity index (χ2v) is 3.42. The van der Waals surface area contributed by atoms with Crippen molar-refractivity contribution in [2.45, 2.75) is 65.4 Å². The van der Waals surface area contributed by atoms with Gasteiger partial charge in [-0.05, 0) is 19.8 Å². The molecule has 0 bridgehead atoms. The van der Waals surface area contributed by atoms with Crippen molar-refractivity contribution in [1.82, 2.24) is 0 Å². The standard InChI is InChI=1S/C6H14O.C5H12O/c1-3-4-5-6(2)7;1-2-3-4-5-6/h6-7H,3-5H2,1-2H3;6H,2-5H2,1H3. The van der Waals surface area contributed by atoms with Gasteiger partial charge in [-0.25, -0.2) is 0 Å². The third-order valence-corrected chi connectivity index (χ3v) is 1.74. The van der Waals surface area contributed by atoms with Gasteiger partial charge in [-0.15, -0.1) is 0 Å². The molecule has 0 rings (SSSR count). The number of hydrogen-bond acceptors (Lipinski definition) is 2. The van der Waals surface area contributed by atoms with Gasteiger partial charge in [0, 0.05) is 6.61 Å². The summed E-state index contributed by atoms with van der Waals surface area (Å²) in [7, 11) is 0. The van der Waals surface area contributed by atoms with Crippen LogP contribution in [0, 0.1) is 0 Å². The van der Waals surface area contributed by atoms with Gasteiger partial charge in [0.1, 0.15) is 0 Å². The number of hydrogen-bond donors (Lipinski definition) is 2. The fraction of sp³-hybridized carbons (Fsp3) is 1.00. The van der Waals surface area contributed by atoms with Crippen LogP contribution in [0.1, 0.15) is 59.3 Å². The third kappa shape index (κ3) is 24.5. The highest BCUT2D eigenvalue weighted by molar-refractivity contribution is 4.43. The van der Waals surface area contributed by atoms with Gasteiger partial charge in [0.15, 0.2) is 0 Å². The van der Waals surface area contributed by atoms with E-state index in [1.807, 2.05) is 6.92 Å². The van der Waals surface area contributed by atoms with Gasteiger partial charge in [0.25, 0.3) is 0 Å². The molecular formula is C11H26O2. The van der Waals surface area contributed by atoms with E-state index in [4.69, 9.17) is 10.2 Å². The zero-order chi connectivity index (χ0) is 10.5. The summed E-state index contributed by atoms with van der Waals surface area (Å²) in [4.78, 5) is 0. The number of aliphatic hydroxyl groups is 2. The van der Waals surface area contributed by atoms with Crippen LogP contribution >= 0.6 is 0 Å². The molecule has 0 amide bonds. The molecule has 13 heavy (non-hydrogen) atoms. The largest absolute Gasteiger partial charge is 0.396 e. The second kappa shape index (κ2) is 14.4. The molecule has 0 spiro atoms. The summed E-state index contributed by atoms with van der Waals surface area (Å²) in [6.07, 6.45) is 6.52. The Morgan fingerprint density at radius 3 is 1.69 bits per heavy atom. The van der Waals surface area contributed by atoms with Gasteiger partial charge in [-0.3, -0.25) is 0 Å². The molecule has 0 fully saturated rings. The zero-order valence-corrected chi connectivity index (χ0v) is 9.42. The van der Waals surface area contributed by atoms with Crippen LogP contribution in [0.15, 0.2) is 0 Å². The van der Waals surface area contributed by atoms with Crippen molar-refractivity contribution in [3.63, 3.8) is 0 Å². The average Bonchev–Trinajstić information content (AvgIpc) is 2.12. The molecule has 0 aliphatic carbocycles. The fourth-order valence-electron chi connectivity index (χ4n) is 0.861. The molecule has 82 valence electrons. The van der Waals surface area contributed by atoms with E-state index in [1.54, 1.807) is 0 Å². The van der Waals surface area contributed by atoms with Crippen molar-refractivity contribution < 1.29 is 10.2 Å². The van der Waals surface area contributed by atoms with Crippen LogP contribution in [-0.4, -0.2) is 22.9 Å². The normalized spacial score (nSPS) is 11.8. The van der Waals surface area contributed by atoms with Crippen molar-refractivity contribution in [2.24, 2.45) is 0 Å². The predicted molar refractivity (Wildman–Crippen MR) is 57.8 cm³/mol. The minimum absolute atomic E-state index is 0.0973. The number of aliphatic hydroxyl groups excluding tert-OH is 2.